The van der Waals surface area contributed by atoms with Crippen LogP contribution in [0.3, 0.4) is 0 Å². The van der Waals surface area contributed by atoms with Gasteiger partial charge in [0.05, 0.1) is 12.0 Å². The first-order valence-electron chi connectivity index (χ1n) is 7.95. The third-order valence-corrected chi connectivity index (χ3v) is 4.99. The summed E-state index contributed by atoms with van der Waals surface area (Å²) in [6, 6.07) is 10.1. The molecule has 0 N–H and O–H groups in total. The summed E-state index contributed by atoms with van der Waals surface area (Å²) in [5.41, 5.74) is 5.30. The topological polar surface area (TPSA) is 60.2 Å². The van der Waals surface area contributed by atoms with Crippen molar-refractivity contribution in [3.63, 3.8) is 0 Å². The molecule has 0 amide bonds. The molecule has 0 bridgehead atoms. The van der Waals surface area contributed by atoms with Crippen LogP contribution in [-0.2, 0) is 6.42 Å². The van der Waals surface area contributed by atoms with Gasteiger partial charge in [-0.3, -0.25) is 9.20 Å². The molecular formula is C19H16N4OS. The third-order valence-electron chi connectivity index (χ3n) is 4.02. The van der Waals surface area contributed by atoms with Crippen LogP contribution in [0.2, 0.25) is 0 Å². The number of Topliss-reactive ketones (excluding diaryl/α,β-unsaturated/α-hetero) is 1. The fourth-order valence-corrected chi connectivity index (χ4v) is 3.61. The molecule has 1 aromatic carbocycles. The maximum Gasteiger partial charge on any atom is 0.173 e. The summed E-state index contributed by atoms with van der Waals surface area (Å²) >= 11 is 1.51. The summed E-state index contributed by atoms with van der Waals surface area (Å²) in [5.74, 6) is 0.00172. The quantitative estimate of drug-likeness (QED) is 0.525. The van der Waals surface area contributed by atoms with Gasteiger partial charge in [0.15, 0.2) is 11.4 Å². The number of aryl methyl sites for hydroxylation is 2. The number of hydrogen-bond acceptors (Lipinski definition) is 5. The van der Waals surface area contributed by atoms with Crippen molar-refractivity contribution in [2.45, 2.75) is 20.3 Å². The minimum Gasteiger partial charge on any atom is -0.294 e. The first kappa shape index (κ1) is 15.7. The van der Waals surface area contributed by atoms with Crippen molar-refractivity contribution < 1.29 is 4.79 Å². The van der Waals surface area contributed by atoms with Gasteiger partial charge < -0.3 is 0 Å². The highest BCUT2D eigenvalue weighted by Crippen LogP contribution is 2.24. The number of nitrogens with zero attached hydrogens (tertiary/aromatic N) is 4. The number of fused-ring (bicyclic) bond motifs is 1. The number of hydrogen-bond donors (Lipinski definition) is 0. The zero-order valence-electron chi connectivity index (χ0n) is 13.9. The van der Waals surface area contributed by atoms with Crippen molar-refractivity contribution in [2.75, 3.05) is 0 Å². The Labute approximate surface area is 149 Å². The smallest absolute Gasteiger partial charge is 0.173 e. The zero-order chi connectivity index (χ0) is 17.4. The Morgan fingerprint density at radius 1 is 1.20 bits per heavy atom. The lowest BCUT2D eigenvalue weighted by atomic mass is 10.0. The van der Waals surface area contributed by atoms with E-state index in [4.69, 9.17) is 0 Å². The molecule has 3 heterocycles. The van der Waals surface area contributed by atoms with Crippen LogP contribution in [0.4, 0.5) is 0 Å². The van der Waals surface area contributed by atoms with E-state index in [0.29, 0.717) is 11.2 Å². The molecule has 3 aromatic heterocycles. The Morgan fingerprint density at radius 2 is 2.08 bits per heavy atom. The average Bonchev–Trinajstić information content (AvgIpc) is 3.22. The average molecular weight is 348 g/mol. The van der Waals surface area contributed by atoms with Crippen molar-refractivity contribution in [1.82, 2.24) is 19.6 Å². The molecule has 0 aliphatic carbocycles. The van der Waals surface area contributed by atoms with E-state index in [-0.39, 0.29) is 12.2 Å². The molecule has 0 fully saturated rings. The minimum absolute atomic E-state index is 0.00172. The van der Waals surface area contributed by atoms with E-state index < -0.39 is 0 Å². The molecule has 0 aliphatic rings. The van der Waals surface area contributed by atoms with Gasteiger partial charge in [0, 0.05) is 17.3 Å². The predicted octanol–water partition coefficient (Wildman–Crippen LogP) is 3.90. The van der Waals surface area contributed by atoms with Gasteiger partial charge in [-0.2, -0.15) is 0 Å². The zero-order valence-corrected chi connectivity index (χ0v) is 14.7. The van der Waals surface area contributed by atoms with Gasteiger partial charge in [-0.05, 0) is 31.0 Å². The lowest BCUT2D eigenvalue weighted by Crippen LogP contribution is -2.07. The fraction of sp³-hybridized carbons (Fsp3) is 0.158. The fourth-order valence-electron chi connectivity index (χ4n) is 2.84. The molecule has 4 rings (SSSR count). The van der Waals surface area contributed by atoms with Crippen LogP contribution in [0, 0.1) is 13.8 Å². The van der Waals surface area contributed by atoms with Gasteiger partial charge in [-0.15, -0.1) is 21.5 Å². The van der Waals surface area contributed by atoms with E-state index in [9.17, 15) is 4.79 Å². The molecule has 25 heavy (non-hydrogen) atoms. The van der Waals surface area contributed by atoms with E-state index >= 15 is 0 Å². The lowest BCUT2D eigenvalue weighted by molar-refractivity contribution is 0.0994. The van der Waals surface area contributed by atoms with Crippen molar-refractivity contribution in [3.8, 4) is 11.1 Å². The summed E-state index contributed by atoms with van der Waals surface area (Å²) in [5, 5.41) is 10.8. The van der Waals surface area contributed by atoms with Gasteiger partial charge >= 0.3 is 0 Å². The number of thiazole rings is 1. The van der Waals surface area contributed by atoms with E-state index in [1.54, 1.807) is 10.7 Å². The maximum atomic E-state index is 12.9. The number of rotatable bonds is 4. The van der Waals surface area contributed by atoms with Gasteiger partial charge in [-0.25, -0.2) is 4.98 Å². The molecule has 0 atom stereocenters. The first-order valence-corrected chi connectivity index (χ1v) is 8.83. The van der Waals surface area contributed by atoms with Crippen LogP contribution in [0.5, 0.6) is 0 Å². The summed E-state index contributed by atoms with van der Waals surface area (Å²) in [7, 11) is 0. The monoisotopic (exact) mass is 348 g/mol. The largest absolute Gasteiger partial charge is 0.294 e. The Kier molecular flexibility index (Phi) is 3.89. The van der Waals surface area contributed by atoms with Crippen LogP contribution in [0.15, 0.2) is 48.2 Å². The summed E-state index contributed by atoms with van der Waals surface area (Å²) < 4.78 is 1.80. The molecule has 4 aromatic rings. The van der Waals surface area contributed by atoms with Gasteiger partial charge in [0.25, 0.3) is 0 Å². The molecule has 0 unspecified atom stereocenters. The highest BCUT2D eigenvalue weighted by molar-refractivity contribution is 7.09. The normalized spacial score (nSPS) is 11.1. The van der Waals surface area contributed by atoms with Crippen LogP contribution in [0.1, 0.15) is 26.6 Å². The Hall–Kier alpha value is -2.86. The molecule has 0 spiro atoms. The number of carbonyl (C=O) groups is 1. The van der Waals surface area contributed by atoms with E-state index in [2.05, 4.69) is 34.2 Å². The minimum atomic E-state index is 0.00172. The van der Waals surface area contributed by atoms with Crippen molar-refractivity contribution in [3.05, 3.63) is 70.1 Å². The Bertz CT molecular complexity index is 1080. The highest BCUT2D eigenvalue weighted by Gasteiger charge is 2.17. The second-order valence-corrected chi connectivity index (χ2v) is 7.00. The second kappa shape index (κ2) is 6.22. The summed E-state index contributed by atoms with van der Waals surface area (Å²) in [6.07, 6.45) is 3.85. The molecule has 0 saturated carbocycles. The highest BCUT2D eigenvalue weighted by atomic mass is 32.1. The van der Waals surface area contributed by atoms with Crippen molar-refractivity contribution in [1.29, 1.82) is 0 Å². The van der Waals surface area contributed by atoms with Crippen LogP contribution < -0.4 is 0 Å². The van der Waals surface area contributed by atoms with Gasteiger partial charge in [-0.1, -0.05) is 29.8 Å². The predicted molar refractivity (Wildman–Crippen MR) is 98.0 cm³/mol. The number of benzene rings is 1. The number of pyridine rings is 1. The van der Waals surface area contributed by atoms with E-state index in [1.807, 2.05) is 36.7 Å². The molecule has 0 aliphatic heterocycles. The molecule has 0 saturated heterocycles. The molecule has 124 valence electrons. The lowest BCUT2D eigenvalue weighted by Gasteiger charge is -2.08. The van der Waals surface area contributed by atoms with Crippen LogP contribution >= 0.6 is 11.3 Å². The molecular weight excluding hydrogens is 332 g/mol. The summed E-state index contributed by atoms with van der Waals surface area (Å²) in [6.45, 7) is 3.98. The maximum absolute atomic E-state index is 12.9. The van der Waals surface area contributed by atoms with Gasteiger partial charge in [0.1, 0.15) is 11.3 Å². The molecule has 5 nitrogen and oxygen atoms in total. The van der Waals surface area contributed by atoms with Crippen molar-refractivity contribution in [2.24, 2.45) is 0 Å². The Balaban J connectivity index is 1.79. The summed E-state index contributed by atoms with van der Waals surface area (Å²) in [4.78, 5) is 17.3. The standard InChI is InChI=1S/C19H16N4OS/c1-12-4-3-5-14(6-12)15-7-16(19-22-20-11-23(19)9-15)17(24)8-18-21-13(2)10-25-18/h3-7,9-11H,8H2,1-2H3. The van der Waals surface area contributed by atoms with E-state index in [1.165, 1.54) is 16.9 Å². The number of carbonyl (C=O) groups excluding carboxylic acids is 1. The second-order valence-electron chi connectivity index (χ2n) is 6.06. The SMILES string of the molecule is Cc1cccc(-c2cc(C(=O)Cc3nc(C)cs3)c3nncn3c2)c1. The van der Waals surface area contributed by atoms with E-state index in [0.717, 1.165) is 21.8 Å². The Morgan fingerprint density at radius 3 is 2.84 bits per heavy atom. The molecule has 0 radical (unpaired) electrons. The number of aromatic nitrogens is 4. The molecule has 6 heteroatoms. The van der Waals surface area contributed by atoms with Gasteiger partial charge in [0.2, 0.25) is 0 Å². The third kappa shape index (κ3) is 3.08. The number of ketones is 1. The van der Waals surface area contributed by atoms with Crippen LogP contribution in [0.25, 0.3) is 16.8 Å². The first-order chi connectivity index (χ1) is 12.1. The van der Waals surface area contributed by atoms with Crippen molar-refractivity contribution >= 4 is 22.8 Å². The van der Waals surface area contributed by atoms with Crippen LogP contribution in [-0.4, -0.2) is 25.4 Å².